The summed E-state index contributed by atoms with van der Waals surface area (Å²) < 4.78 is 5.09. The molecule has 0 saturated carbocycles. The number of nitrogens with one attached hydrogen (secondary N) is 2. The summed E-state index contributed by atoms with van der Waals surface area (Å²) in [7, 11) is 1.41. The third-order valence-corrected chi connectivity index (χ3v) is 2.80. The van der Waals surface area contributed by atoms with Crippen LogP contribution in [0, 0.1) is 27.4 Å². The van der Waals surface area contributed by atoms with Crippen LogP contribution in [0.2, 0.25) is 0 Å². The van der Waals surface area contributed by atoms with Gasteiger partial charge >= 0.3 is 0 Å². The van der Waals surface area contributed by atoms with E-state index in [2.05, 4.69) is 10.6 Å². The van der Waals surface area contributed by atoms with E-state index >= 15 is 0 Å². The van der Waals surface area contributed by atoms with Gasteiger partial charge in [-0.3, -0.25) is 14.9 Å². The van der Waals surface area contributed by atoms with Gasteiger partial charge in [0.05, 0.1) is 17.7 Å². The Hall–Kier alpha value is -3.08. The normalized spacial score (nSPS) is 10.8. The van der Waals surface area contributed by atoms with E-state index in [-0.39, 0.29) is 22.9 Å². The smallest absolute Gasteiger partial charge is 0.271 e. The third kappa shape index (κ3) is 5.32. The van der Waals surface area contributed by atoms with Crippen molar-refractivity contribution in [1.82, 2.24) is 5.32 Å². The van der Waals surface area contributed by atoms with E-state index in [1.165, 1.54) is 31.5 Å². The van der Waals surface area contributed by atoms with Crippen LogP contribution in [0.15, 0.2) is 30.0 Å². The molecule has 0 heterocycles. The number of nitro benzene ring substituents is 1. The quantitative estimate of drug-likeness (QED) is 0.344. The molecule has 23 heavy (non-hydrogen) atoms. The highest BCUT2D eigenvalue weighted by Gasteiger charge is 2.12. The number of nitrogens with zero attached hydrogens (tertiary/aromatic N) is 2. The Morgan fingerprint density at radius 2 is 2.22 bits per heavy atom. The number of non-ortho nitro benzene ring substituents is 1. The molecule has 1 rings (SSSR count). The lowest BCUT2D eigenvalue weighted by atomic mass is 10.2. The van der Waals surface area contributed by atoms with Gasteiger partial charge in [0.15, 0.2) is 0 Å². The van der Waals surface area contributed by atoms with Crippen LogP contribution in [-0.2, 0) is 4.79 Å². The van der Waals surface area contributed by atoms with Gasteiger partial charge in [0, 0.05) is 24.9 Å². The maximum atomic E-state index is 11.8. The summed E-state index contributed by atoms with van der Waals surface area (Å²) in [5.41, 5.74) is 0.00906. The van der Waals surface area contributed by atoms with Crippen LogP contribution < -0.4 is 15.4 Å². The first-order chi connectivity index (χ1) is 10.9. The minimum absolute atomic E-state index is 0.135. The number of nitriles is 1. The van der Waals surface area contributed by atoms with Gasteiger partial charge in [-0.25, -0.2) is 0 Å². The number of hydrogen-bond donors (Lipinski definition) is 2. The molecule has 2 N–H and O–H groups in total. The van der Waals surface area contributed by atoms with E-state index in [4.69, 9.17) is 10.00 Å². The molecule has 1 aromatic rings. The summed E-state index contributed by atoms with van der Waals surface area (Å²) >= 11 is 0. The minimum atomic E-state index is -0.547. The molecule has 0 unspecified atom stereocenters. The minimum Gasteiger partial charge on any atom is -0.495 e. The summed E-state index contributed by atoms with van der Waals surface area (Å²) in [5.74, 6) is 0.0912. The Kier molecular flexibility index (Phi) is 6.55. The van der Waals surface area contributed by atoms with Crippen molar-refractivity contribution >= 4 is 17.3 Å². The molecular weight excluding hydrogens is 300 g/mol. The first kappa shape index (κ1) is 18.0. The lowest BCUT2D eigenvalue weighted by Gasteiger charge is -2.09. The molecule has 0 saturated heterocycles. The number of methoxy groups -OCH3 is 1. The molecular formula is C15H18N4O4. The van der Waals surface area contributed by atoms with Crippen LogP contribution in [-0.4, -0.2) is 24.5 Å². The molecule has 0 atom stereocenters. The van der Waals surface area contributed by atoms with Crippen LogP contribution in [0.3, 0.4) is 0 Å². The molecule has 8 heteroatoms. The van der Waals surface area contributed by atoms with E-state index in [9.17, 15) is 14.9 Å². The SMILES string of the molecule is COc1ccc([N+](=O)[O-])cc1N/C=C(/C#N)C(=O)NCC(C)C. The molecule has 0 radical (unpaired) electrons. The van der Waals surface area contributed by atoms with Crippen LogP contribution in [0.5, 0.6) is 5.75 Å². The largest absolute Gasteiger partial charge is 0.495 e. The lowest BCUT2D eigenvalue weighted by molar-refractivity contribution is -0.384. The molecule has 0 aromatic heterocycles. The molecule has 0 aliphatic heterocycles. The summed E-state index contributed by atoms with van der Waals surface area (Å²) in [6, 6.07) is 5.77. The lowest BCUT2D eigenvalue weighted by Crippen LogP contribution is -2.28. The molecule has 8 nitrogen and oxygen atoms in total. The van der Waals surface area contributed by atoms with Crippen LogP contribution in [0.4, 0.5) is 11.4 Å². The van der Waals surface area contributed by atoms with Crippen molar-refractivity contribution in [3.05, 3.63) is 40.1 Å². The van der Waals surface area contributed by atoms with Gasteiger partial charge in [-0.2, -0.15) is 5.26 Å². The number of benzene rings is 1. The van der Waals surface area contributed by atoms with E-state index in [0.29, 0.717) is 12.3 Å². The molecule has 0 fully saturated rings. The fraction of sp³-hybridized carbons (Fsp3) is 0.333. The number of ether oxygens (including phenoxy) is 1. The summed E-state index contributed by atoms with van der Waals surface area (Å²) in [6.45, 7) is 4.31. The van der Waals surface area contributed by atoms with Gasteiger partial charge in [0.1, 0.15) is 17.4 Å². The highest BCUT2D eigenvalue weighted by Crippen LogP contribution is 2.28. The van der Waals surface area contributed by atoms with Crippen molar-refractivity contribution in [2.45, 2.75) is 13.8 Å². The first-order valence-corrected chi connectivity index (χ1v) is 6.86. The number of carbonyl (C=O) groups is 1. The Bertz CT molecular complexity index is 662. The van der Waals surface area contributed by atoms with Crippen molar-refractivity contribution < 1.29 is 14.5 Å². The molecule has 1 aromatic carbocycles. The van der Waals surface area contributed by atoms with E-state index in [0.717, 1.165) is 0 Å². The van der Waals surface area contributed by atoms with E-state index < -0.39 is 10.8 Å². The monoisotopic (exact) mass is 318 g/mol. The highest BCUT2D eigenvalue weighted by molar-refractivity contribution is 5.97. The van der Waals surface area contributed by atoms with Crippen molar-refractivity contribution in [1.29, 1.82) is 5.26 Å². The van der Waals surface area contributed by atoms with Gasteiger partial charge < -0.3 is 15.4 Å². The number of anilines is 1. The van der Waals surface area contributed by atoms with Gasteiger partial charge in [0.2, 0.25) is 0 Å². The number of carbonyl (C=O) groups excluding carboxylic acids is 1. The summed E-state index contributed by atoms with van der Waals surface area (Å²) in [5, 5.41) is 25.2. The van der Waals surface area contributed by atoms with Crippen molar-refractivity contribution in [2.24, 2.45) is 5.92 Å². The Balaban J connectivity index is 2.96. The zero-order chi connectivity index (χ0) is 17.4. The standard InChI is InChI=1S/C15H18N4O4/c1-10(2)8-18-15(20)11(7-16)9-17-13-6-12(19(21)22)4-5-14(13)23-3/h4-6,9-10,17H,8H2,1-3H3,(H,18,20)/b11-9-. The summed E-state index contributed by atoms with van der Waals surface area (Å²) in [6.07, 6.45) is 1.19. The van der Waals surface area contributed by atoms with E-state index in [1.807, 2.05) is 13.8 Å². The average Bonchev–Trinajstić information content (AvgIpc) is 2.53. The van der Waals surface area contributed by atoms with Gasteiger partial charge in [-0.15, -0.1) is 0 Å². The Morgan fingerprint density at radius 1 is 1.52 bits per heavy atom. The predicted molar refractivity (Wildman–Crippen MR) is 84.8 cm³/mol. The maximum Gasteiger partial charge on any atom is 0.271 e. The average molecular weight is 318 g/mol. The van der Waals surface area contributed by atoms with Gasteiger partial charge in [-0.05, 0) is 12.0 Å². The molecule has 0 spiro atoms. The second kappa shape index (κ2) is 8.38. The van der Waals surface area contributed by atoms with Crippen molar-refractivity contribution in [3.8, 4) is 11.8 Å². The molecule has 1 amide bonds. The van der Waals surface area contributed by atoms with Gasteiger partial charge in [-0.1, -0.05) is 13.8 Å². The van der Waals surface area contributed by atoms with E-state index in [1.54, 1.807) is 6.07 Å². The zero-order valence-electron chi connectivity index (χ0n) is 13.1. The van der Waals surface area contributed by atoms with Crippen molar-refractivity contribution in [3.63, 3.8) is 0 Å². The first-order valence-electron chi connectivity index (χ1n) is 6.86. The topological polar surface area (TPSA) is 117 Å². The number of hydrogen-bond acceptors (Lipinski definition) is 6. The fourth-order valence-electron chi connectivity index (χ4n) is 1.61. The predicted octanol–water partition coefficient (Wildman–Crippen LogP) is 2.19. The maximum absolute atomic E-state index is 11.8. The Labute approximate surface area is 133 Å². The fourth-order valence-corrected chi connectivity index (χ4v) is 1.61. The molecule has 122 valence electrons. The second-order valence-electron chi connectivity index (χ2n) is 5.06. The second-order valence-corrected chi connectivity index (χ2v) is 5.06. The Morgan fingerprint density at radius 3 is 2.74 bits per heavy atom. The number of rotatable bonds is 7. The van der Waals surface area contributed by atoms with Crippen LogP contribution in [0.1, 0.15) is 13.8 Å². The molecule has 0 aliphatic rings. The highest BCUT2D eigenvalue weighted by atomic mass is 16.6. The molecule has 0 aliphatic carbocycles. The van der Waals surface area contributed by atoms with Crippen LogP contribution >= 0.6 is 0 Å². The number of amides is 1. The molecule has 0 bridgehead atoms. The summed E-state index contributed by atoms with van der Waals surface area (Å²) in [4.78, 5) is 22.1. The van der Waals surface area contributed by atoms with Gasteiger partial charge in [0.25, 0.3) is 11.6 Å². The van der Waals surface area contributed by atoms with Crippen molar-refractivity contribution in [2.75, 3.05) is 19.0 Å². The van der Waals surface area contributed by atoms with Crippen LogP contribution in [0.25, 0.3) is 0 Å². The zero-order valence-corrected chi connectivity index (χ0v) is 13.1. The number of nitro groups is 1. The third-order valence-electron chi connectivity index (χ3n) is 2.80.